The molecule has 2 unspecified atom stereocenters. The quantitative estimate of drug-likeness (QED) is 0.458. The van der Waals surface area contributed by atoms with Gasteiger partial charge in [0.1, 0.15) is 0 Å². The Kier molecular flexibility index (Phi) is 3.89. The lowest BCUT2D eigenvalue weighted by Gasteiger charge is -2.05. The summed E-state index contributed by atoms with van der Waals surface area (Å²) in [6.45, 7) is 3.62. The zero-order valence-corrected chi connectivity index (χ0v) is 6.34. The monoisotopic (exact) mass is 152 g/mol. The zero-order valence-electron chi connectivity index (χ0n) is 5.44. The van der Waals surface area contributed by atoms with Crippen molar-refractivity contribution in [3.63, 3.8) is 0 Å². The van der Waals surface area contributed by atoms with Gasteiger partial charge in [-0.2, -0.15) is 0 Å². The van der Waals surface area contributed by atoms with Crippen molar-refractivity contribution in [3.8, 4) is 0 Å². The molecule has 2 atom stereocenters. The van der Waals surface area contributed by atoms with E-state index in [0.29, 0.717) is 0 Å². The van der Waals surface area contributed by atoms with Gasteiger partial charge in [-0.3, -0.25) is 0 Å². The summed E-state index contributed by atoms with van der Waals surface area (Å²) in [5, 5.41) is 0. The fourth-order valence-corrected chi connectivity index (χ4v) is 0.678. The normalized spacial score (nSPS) is 15.9. The van der Waals surface area contributed by atoms with Crippen LogP contribution in [0.1, 0.15) is 13.8 Å². The van der Waals surface area contributed by atoms with Crippen molar-refractivity contribution >= 4 is 8.25 Å². The highest BCUT2D eigenvalue weighted by molar-refractivity contribution is 7.32. The largest absolute Gasteiger partial charge is 0.696 e. The number of hydrogen-bond acceptors (Lipinski definition) is 3. The second kappa shape index (κ2) is 3.90. The minimum atomic E-state index is -2.55. The first-order valence-electron chi connectivity index (χ1n) is 2.62. The molecule has 3 N–H and O–H groups in total. The van der Waals surface area contributed by atoms with E-state index in [9.17, 15) is 4.57 Å². The lowest BCUT2D eigenvalue weighted by molar-refractivity contribution is 0.149. The Balaban J connectivity index is 3.50. The third-order valence-corrected chi connectivity index (χ3v) is 1.29. The summed E-state index contributed by atoms with van der Waals surface area (Å²) in [6.07, 6.45) is -0.640. The highest BCUT2D eigenvalue weighted by atomic mass is 31.1. The molecule has 0 amide bonds. The van der Waals surface area contributed by atoms with Gasteiger partial charge < -0.3 is 5.73 Å². The molecule has 0 aromatic heterocycles. The van der Waals surface area contributed by atoms with Crippen LogP contribution in [-0.4, -0.2) is 11.1 Å². The lowest BCUT2D eigenvalue weighted by Crippen LogP contribution is -2.26. The molecule has 0 aliphatic heterocycles. The molecule has 0 aliphatic rings. The minimum Gasteiger partial charge on any atom is -0.302 e. The lowest BCUT2D eigenvalue weighted by atomic mass is 10.2. The summed E-state index contributed by atoms with van der Waals surface area (Å²) in [6, 6.07) is 0. The average molecular weight is 152 g/mol. The second-order valence-corrected chi connectivity index (χ2v) is 2.74. The Hall–Kier alpha value is -0.0200. The van der Waals surface area contributed by atoms with Crippen molar-refractivity contribution in [2.75, 3.05) is 0 Å². The van der Waals surface area contributed by atoms with Crippen LogP contribution in [0.25, 0.3) is 0 Å². The molecular formula is C4H11NO3P+. The summed E-state index contributed by atoms with van der Waals surface area (Å²) in [5.74, 6) is 0.0658. The van der Waals surface area contributed by atoms with Crippen molar-refractivity contribution in [2.45, 2.75) is 20.1 Å². The molecule has 0 aromatic carbocycles. The Morgan fingerprint density at radius 1 is 1.67 bits per heavy atom. The van der Waals surface area contributed by atoms with Crippen LogP contribution in [-0.2, 0) is 9.09 Å². The Bertz CT molecular complexity index is 106. The maximum absolute atomic E-state index is 9.96. The smallest absolute Gasteiger partial charge is 0.302 e. The Labute approximate surface area is 55.0 Å². The number of nitrogens with two attached hydrogens (primary N) is 1. The van der Waals surface area contributed by atoms with E-state index < -0.39 is 14.5 Å². The van der Waals surface area contributed by atoms with Crippen LogP contribution in [0.4, 0.5) is 0 Å². The van der Waals surface area contributed by atoms with Crippen LogP contribution < -0.4 is 5.73 Å². The molecular weight excluding hydrogens is 141 g/mol. The number of hydrogen-bond donors (Lipinski definition) is 2. The van der Waals surface area contributed by atoms with Gasteiger partial charge in [-0.25, -0.2) is 0 Å². The van der Waals surface area contributed by atoms with Gasteiger partial charge in [0.25, 0.3) is 0 Å². The van der Waals surface area contributed by atoms with Gasteiger partial charge in [-0.05, 0) is 5.92 Å². The van der Waals surface area contributed by atoms with Crippen LogP contribution in [0, 0.1) is 5.92 Å². The average Bonchev–Trinajstić information content (AvgIpc) is 1.63. The van der Waals surface area contributed by atoms with Crippen molar-refractivity contribution < 1.29 is 14.0 Å². The van der Waals surface area contributed by atoms with Crippen molar-refractivity contribution in [1.82, 2.24) is 0 Å². The molecule has 0 radical (unpaired) electrons. The summed E-state index contributed by atoms with van der Waals surface area (Å²) in [4.78, 5) is 8.18. The van der Waals surface area contributed by atoms with Gasteiger partial charge in [-0.1, -0.05) is 13.8 Å². The molecule has 5 heteroatoms. The van der Waals surface area contributed by atoms with Crippen molar-refractivity contribution in [1.29, 1.82) is 0 Å². The highest BCUT2D eigenvalue weighted by Crippen LogP contribution is 2.18. The molecule has 0 saturated heterocycles. The van der Waals surface area contributed by atoms with Gasteiger partial charge in [-0.15, -0.1) is 9.42 Å². The van der Waals surface area contributed by atoms with Crippen LogP contribution in [0.3, 0.4) is 0 Å². The summed E-state index contributed by atoms with van der Waals surface area (Å²) >= 11 is 0. The summed E-state index contributed by atoms with van der Waals surface area (Å²) < 4.78 is 14.3. The predicted molar refractivity (Wildman–Crippen MR) is 33.7 cm³/mol. The SMILES string of the molecule is CC(C)C(N)O[P+](=O)O. The minimum absolute atomic E-state index is 0.0658. The summed E-state index contributed by atoms with van der Waals surface area (Å²) in [5.41, 5.74) is 5.25. The van der Waals surface area contributed by atoms with Gasteiger partial charge in [0.05, 0.1) is 0 Å². The van der Waals surface area contributed by atoms with Gasteiger partial charge in [0, 0.05) is 4.57 Å². The third kappa shape index (κ3) is 4.48. The van der Waals surface area contributed by atoms with Crippen molar-refractivity contribution in [2.24, 2.45) is 11.7 Å². The first-order chi connectivity index (χ1) is 4.04. The van der Waals surface area contributed by atoms with Gasteiger partial charge >= 0.3 is 8.25 Å². The summed E-state index contributed by atoms with van der Waals surface area (Å²) in [7, 11) is -2.55. The van der Waals surface area contributed by atoms with E-state index in [1.807, 2.05) is 13.8 Å². The van der Waals surface area contributed by atoms with E-state index in [-0.39, 0.29) is 5.92 Å². The molecule has 0 spiro atoms. The first kappa shape index (κ1) is 8.98. The van der Waals surface area contributed by atoms with E-state index >= 15 is 0 Å². The second-order valence-electron chi connectivity index (χ2n) is 2.05. The van der Waals surface area contributed by atoms with E-state index in [1.165, 1.54) is 0 Å². The van der Waals surface area contributed by atoms with Crippen molar-refractivity contribution in [3.05, 3.63) is 0 Å². The first-order valence-corrected chi connectivity index (χ1v) is 3.75. The van der Waals surface area contributed by atoms with E-state index in [2.05, 4.69) is 4.52 Å². The molecule has 4 nitrogen and oxygen atoms in total. The van der Waals surface area contributed by atoms with E-state index in [1.54, 1.807) is 0 Å². The highest BCUT2D eigenvalue weighted by Gasteiger charge is 2.21. The van der Waals surface area contributed by atoms with Crippen LogP contribution in [0.5, 0.6) is 0 Å². The zero-order chi connectivity index (χ0) is 7.44. The molecule has 0 aromatic rings. The van der Waals surface area contributed by atoms with E-state index in [4.69, 9.17) is 10.6 Å². The maximum Gasteiger partial charge on any atom is 0.696 e. The Morgan fingerprint density at radius 2 is 2.11 bits per heavy atom. The molecule has 0 fully saturated rings. The molecule has 0 rings (SSSR count). The molecule has 0 bridgehead atoms. The molecule has 0 saturated carbocycles. The van der Waals surface area contributed by atoms with Crippen LogP contribution in [0.15, 0.2) is 0 Å². The van der Waals surface area contributed by atoms with Gasteiger partial charge in [0.15, 0.2) is 6.23 Å². The standard InChI is InChI=1S/C4H10NO3P/c1-3(2)4(5)8-9(6)7/h3-4H,5H2,1-2H3/p+1. The molecule has 54 valence electrons. The topological polar surface area (TPSA) is 72.5 Å². The van der Waals surface area contributed by atoms with Crippen LogP contribution >= 0.6 is 8.25 Å². The fourth-order valence-electron chi connectivity index (χ4n) is 0.226. The third-order valence-electron chi connectivity index (χ3n) is 0.869. The molecule has 0 aliphatic carbocycles. The number of rotatable bonds is 3. The van der Waals surface area contributed by atoms with E-state index in [0.717, 1.165) is 0 Å². The molecule has 0 heterocycles. The fraction of sp³-hybridized carbons (Fsp3) is 1.00. The van der Waals surface area contributed by atoms with Crippen LogP contribution in [0.2, 0.25) is 0 Å². The maximum atomic E-state index is 9.96. The predicted octanol–water partition coefficient (Wildman–Crippen LogP) is 0.593. The molecule has 9 heavy (non-hydrogen) atoms. The Morgan fingerprint density at radius 3 is 2.22 bits per heavy atom. The van der Waals surface area contributed by atoms with Gasteiger partial charge in [0.2, 0.25) is 0 Å².